The quantitative estimate of drug-likeness (QED) is 0.745. The number of sulfonamides is 1. The summed E-state index contributed by atoms with van der Waals surface area (Å²) in [5, 5.41) is 2.64. The van der Waals surface area contributed by atoms with Gasteiger partial charge in [0.25, 0.3) is 0 Å². The number of ether oxygens (including phenoxy) is 2. The van der Waals surface area contributed by atoms with Gasteiger partial charge in [-0.3, -0.25) is 4.79 Å². The number of anilines is 1. The number of hydrogen-bond acceptors (Lipinski definition) is 5. The molecule has 0 saturated carbocycles. The molecule has 0 fully saturated rings. The summed E-state index contributed by atoms with van der Waals surface area (Å²) in [5.74, 6) is 0.165. The second-order valence-electron chi connectivity index (χ2n) is 4.86. The maximum absolute atomic E-state index is 11.9. The van der Waals surface area contributed by atoms with E-state index >= 15 is 0 Å². The molecule has 0 aliphatic rings. The molecule has 0 aromatic heterocycles. The minimum Gasteiger partial charge on any atom is -0.495 e. The molecule has 1 rings (SSSR count). The molecule has 0 heterocycles. The van der Waals surface area contributed by atoms with Crippen molar-refractivity contribution in [3.8, 4) is 5.75 Å². The predicted molar refractivity (Wildman–Crippen MR) is 84.4 cm³/mol. The first-order valence-electron chi connectivity index (χ1n) is 6.72. The van der Waals surface area contributed by atoms with Crippen LogP contribution >= 0.6 is 0 Å². The Morgan fingerprint density at radius 3 is 2.55 bits per heavy atom. The number of carbonyl (C=O) groups excluding carboxylic acids is 1. The van der Waals surface area contributed by atoms with Crippen LogP contribution in [-0.4, -0.2) is 40.4 Å². The van der Waals surface area contributed by atoms with Crippen molar-refractivity contribution in [3.63, 3.8) is 0 Å². The molecule has 0 aliphatic heterocycles. The van der Waals surface area contributed by atoms with Crippen LogP contribution in [0.2, 0.25) is 0 Å². The summed E-state index contributed by atoms with van der Waals surface area (Å²) >= 11 is 0. The van der Waals surface area contributed by atoms with Crippen LogP contribution in [0.25, 0.3) is 0 Å². The lowest BCUT2D eigenvalue weighted by atomic mass is 10.2. The Balaban J connectivity index is 2.80. The van der Waals surface area contributed by atoms with Gasteiger partial charge in [-0.2, -0.15) is 0 Å². The number of hydrogen-bond donors (Lipinski definition) is 2. The number of nitrogens with one attached hydrogen (secondary N) is 2. The molecule has 1 amide bonds. The first-order chi connectivity index (χ1) is 10.3. The molecule has 1 aromatic carbocycles. The zero-order chi connectivity index (χ0) is 16.8. The summed E-state index contributed by atoms with van der Waals surface area (Å²) in [6, 6.07) is 5.07. The van der Waals surface area contributed by atoms with E-state index in [1.54, 1.807) is 25.1 Å². The van der Waals surface area contributed by atoms with Gasteiger partial charge in [-0.15, -0.1) is 0 Å². The summed E-state index contributed by atoms with van der Waals surface area (Å²) in [4.78, 5) is 11.2. The fourth-order valence-corrected chi connectivity index (χ4v) is 3.04. The van der Waals surface area contributed by atoms with Gasteiger partial charge in [0.1, 0.15) is 5.75 Å². The Hall–Kier alpha value is -1.64. The van der Waals surface area contributed by atoms with Gasteiger partial charge in [-0.25, -0.2) is 13.1 Å². The van der Waals surface area contributed by atoms with Crippen LogP contribution in [0.5, 0.6) is 5.75 Å². The van der Waals surface area contributed by atoms with E-state index in [-0.39, 0.29) is 24.3 Å². The standard InChI is InChI=1S/C14H22N2O5S/c1-10(20-3)9-22(18,19)15-8-12-5-6-14(21-4)13(7-12)16-11(2)17/h5-7,10,15H,8-9H2,1-4H3,(H,16,17)/t10-/m1/s1. The molecular weight excluding hydrogens is 308 g/mol. The van der Waals surface area contributed by atoms with Crippen molar-refractivity contribution in [2.75, 3.05) is 25.3 Å². The highest BCUT2D eigenvalue weighted by Gasteiger charge is 2.15. The summed E-state index contributed by atoms with van der Waals surface area (Å²) < 4.78 is 36.3. The molecule has 0 aliphatic carbocycles. The van der Waals surface area contributed by atoms with Crippen LogP contribution in [0.3, 0.4) is 0 Å². The SMILES string of the molecule is COc1ccc(CNS(=O)(=O)C[C@@H](C)OC)cc1NC(C)=O. The van der Waals surface area contributed by atoms with Crippen LogP contribution < -0.4 is 14.8 Å². The third kappa shape index (κ3) is 6.00. The molecule has 1 aromatic rings. The van der Waals surface area contributed by atoms with E-state index in [2.05, 4.69) is 10.0 Å². The van der Waals surface area contributed by atoms with Crippen molar-refractivity contribution in [1.82, 2.24) is 4.72 Å². The van der Waals surface area contributed by atoms with Crippen molar-refractivity contribution < 1.29 is 22.7 Å². The third-order valence-electron chi connectivity index (χ3n) is 2.93. The van der Waals surface area contributed by atoms with E-state index in [9.17, 15) is 13.2 Å². The van der Waals surface area contributed by atoms with Gasteiger partial charge in [0.15, 0.2) is 0 Å². The van der Waals surface area contributed by atoms with Crippen LogP contribution in [0.1, 0.15) is 19.4 Å². The van der Waals surface area contributed by atoms with E-state index in [1.807, 2.05) is 0 Å². The normalized spacial score (nSPS) is 12.7. The van der Waals surface area contributed by atoms with E-state index < -0.39 is 10.0 Å². The average molecular weight is 330 g/mol. The molecule has 0 unspecified atom stereocenters. The average Bonchev–Trinajstić information content (AvgIpc) is 2.44. The van der Waals surface area contributed by atoms with Crippen molar-refractivity contribution in [3.05, 3.63) is 23.8 Å². The number of methoxy groups -OCH3 is 2. The van der Waals surface area contributed by atoms with Crippen molar-refractivity contribution in [2.45, 2.75) is 26.5 Å². The molecule has 0 radical (unpaired) electrons. The third-order valence-corrected chi connectivity index (χ3v) is 4.42. The maximum atomic E-state index is 11.9. The fourth-order valence-electron chi connectivity index (χ4n) is 1.78. The van der Waals surface area contributed by atoms with Crippen molar-refractivity contribution >= 4 is 21.6 Å². The number of carbonyl (C=O) groups is 1. The first-order valence-corrected chi connectivity index (χ1v) is 8.37. The van der Waals surface area contributed by atoms with E-state index in [1.165, 1.54) is 21.1 Å². The van der Waals surface area contributed by atoms with Gasteiger partial charge in [-0.05, 0) is 24.6 Å². The van der Waals surface area contributed by atoms with Crippen LogP contribution in [0.4, 0.5) is 5.69 Å². The Labute approximate surface area is 131 Å². The van der Waals surface area contributed by atoms with Crippen LogP contribution in [0.15, 0.2) is 18.2 Å². The minimum atomic E-state index is -3.44. The molecule has 0 spiro atoms. The maximum Gasteiger partial charge on any atom is 0.221 e. The van der Waals surface area contributed by atoms with E-state index in [0.29, 0.717) is 17.0 Å². The topological polar surface area (TPSA) is 93.7 Å². The van der Waals surface area contributed by atoms with E-state index in [0.717, 1.165) is 0 Å². The lowest BCUT2D eigenvalue weighted by Crippen LogP contribution is -2.31. The predicted octanol–water partition coefficient (Wildman–Crippen LogP) is 1.11. The summed E-state index contributed by atoms with van der Waals surface area (Å²) in [5.41, 5.74) is 1.20. The Morgan fingerprint density at radius 1 is 1.32 bits per heavy atom. The number of amides is 1. The number of rotatable bonds is 8. The molecule has 8 heteroatoms. The first kappa shape index (κ1) is 18.4. The Kier molecular flexibility index (Phi) is 6.79. The van der Waals surface area contributed by atoms with Gasteiger partial charge in [0.2, 0.25) is 15.9 Å². The molecule has 22 heavy (non-hydrogen) atoms. The summed E-state index contributed by atoms with van der Waals surface area (Å²) in [6.45, 7) is 3.19. The smallest absolute Gasteiger partial charge is 0.221 e. The second-order valence-corrected chi connectivity index (χ2v) is 6.72. The van der Waals surface area contributed by atoms with Gasteiger partial charge >= 0.3 is 0 Å². The zero-order valence-corrected chi connectivity index (χ0v) is 14.0. The van der Waals surface area contributed by atoms with Crippen molar-refractivity contribution in [2.24, 2.45) is 0 Å². The minimum absolute atomic E-state index is 0.113. The molecule has 0 bridgehead atoms. The van der Waals surface area contributed by atoms with Gasteiger partial charge in [0.05, 0.1) is 24.7 Å². The molecule has 1 atom stereocenters. The van der Waals surface area contributed by atoms with Gasteiger partial charge in [-0.1, -0.05) is 6.07 Å². The molecule has 0 saturated heterocycles. The van der Waals surface area contributed by atoms with Crippen LogP contribution in [-0.2, 0) is 26.1 Å². The lowest BCUT2D eigenvalue weighted by Gasteiger charge is -2.13. The van der Waals surface area contributed by atoms with Gasteiger partial charge < -0.3 is 14.8 Å². The molecule has 2 N–H and O–H groups in total. The van der Waals surface area contributed by atoms with Gasteiger partial charge in [0, 0.05) is 20.6 Å². The molecule has 124 valence electrons. The number of benzene rings is 1. The van der Waals surface area contributed by atoms with Crippen LogP contribution in [0, 0.1) is 0 Å². The Morgan fingerprint density at radius 2 is 2.00 bits per heavy atom. The zero-order valence-electron chi connectivity index (χ0n) is 13.2. The highest BCUT2D eigenvalue weighted by atomic mass is 32.2. The lowest BCUT2D eigenvalue weighted by molar-refractivity contribution is -0.114. The monoisotopic (exact) mass is 330 g/mol. The summed E-state index contributed by atoms with van der Waals surface area (Å²) in [6.07, 6.45) is -0.386. The highest BCUT2D eigenvalue weighted by Crippen LogP contribution is 2.25. The molecule has 7 nitrogen and oxygen atoms in total. The fraction of sp³-hybridized carbons (Fsp3) is 0.500. The van der Waals surface area contributed by atoms with Crippen molar-refractivity contribution in [1.29, 1.82) is 0 Å². The second kappa shape index (κ2) is 8.11. The van der Waals surface area contributed by atoms with E-state index in [4.69, 9.17) is 9.47 Å². The summed E-state index contributed by atoms with van der Waals surface area (Å²) in [7, 11) is -0.479. The largest absolute Gasteiger partial charge is 0.495 e. The highest BCUT2D eigenvalue weighted by molar-refractivity contribution is 7.89. The molecular formula is C14H22N2O5S. The Bertz CT molecular complexity index is 616.